The van der Waals surface area contributed by atoms with Crippen molar-refractivity contribution in [1.29, 1.82) is 0 Å². The number of methoxy groups -OCH3 is 1. The van der Waals surface area contributed by atoms with Crippen molar-refractivity contribution in [1.82, 2.24) is 10.2 Å². The van der Waals surface area contributed by atoms with E-state index in [9.17, 15) is 4.79 Å². The minimum absolute atomic E-state index is 0.344. The Bertz CT molecular complexity index is 333. The summed E-state index contributed by atoms with van der Waals surface area (Å²) >= 11 is 0. The smallest absolute Gasteiger partial charge is 0.161 e. The van der Waals surface area contributed by atoms with E-state index in [1.54, 1.807) is 7.11 Å². The summed E-state index contributed by atoms with van der Waals surface area (Å²) in [6, 6.07) is 0. The van der Waals surface area contributed by atoms with Gasteiger partial charge in [-0.1, -0.05) is 6.42 Å². The SMILES string of the molecule is COCCNC1=C(CN2CCCCC2)C(=O)CCC1. The second-order valence-corrected chi connectivity index (χ2v) is 5.49. The van der Waals surface area contributed by atoms with Gasteiger partial charge in [-0.2, -0.15) is 0 Å². The van der Waals surface area contributed by atoms with Crippen LogP contribution in [0.1, 0.15) is 38.5 Å². The number of ether oxygens (including phenoxy) is 1. The Morgan fingerprint density at radius 3 is 2.68 bits per heavy atom. The summed E-state index contributed by atoms with van der Waals surface area (Å²) < 4.78 is 5.06. The molecule has 2 aliphatic rings. The van der Waals surface area contributed by atoms with Crippen LogP contribution in [0, 0.1) is 0 Å². The molecule has 19 heavy (non-hydrogen) atoms. The summed E-state index contributed by atoms with van der Waals surface area (Å²) in [6.07, 6.45) is 6.60. The number of ketones is 1. The van der Waals surface area contributed by atoms with Crippen LogP contribution in [-0.4, -0.2) is 50.6 Å². The summed E-state index contributed by atoms with van der Waals surface area (Å²) in [4.78, 5) is 14.6. The number of hydrogen-bond acceptors (Lipinski definition) is 4. The Balaban J connectivity index is 1.98. The molecule has 1 fully saturated rings. The fourth-order valence-corrected chi connectivity index (χ4v) is 2.92. The quantitative estimate of drug-likeness (QED) is 0.743. The molecule has 0 aromatic carbocycles. The Kier molecular flexibility index (Phi) is 5.86. The highest BCUT2D eigenvalue weighted by Crippen LogP contribution is 2.22. The molecule has 2 rings (SSSR count). The molecule has 0 aromatic heterocycles. The van der Waals surface area contributed by atoms with Gasteiger partial charge in [0.15, 0.2) is 5.78 Å². The second kappa shape index (κ2) is 7.65. The van der Waals surface area contributed by atoms with Crippen LogP contribution in [0.4, 0.5) is 0 Å². The van der Waals surface area contributed by atoms with Gasteiger partial charge in [-0.3, -0.25) is 9.69 Å². The zero-order chi connectivity index (χ0) is 13.5. The molecule has 1 N–H and O–H groups in total. The third kappa shape index (κ3) is 4.32. The monoisotopic (exact) mass is 266 g/mol. The van der Waals surface area contributed by atoms with E-state index in [1.165, 1.54) is 25.0 Å². The standard InChI is InChI=1S/C15H26N2O2/c1-19-11-8-16-14-6-5-7-15(18)13(14)12-17-9-3-2-4-10-17/h16H,2-12H2,1H3. The number of Topliss-reactive ketones (excluding diaryl/α,β-unsaturated/α-hetero) is 1. The lowest BCUT2D eigenvalue weighted by molar-refractivity contribution is -0.116. The molecule has 4 heteroatoms. The van der Waals surface area contributed by atoms with Gasteiger partial charge in [0.05, 0.1) is 6.61 Å². The summed E-state index contributed by atoms with van der Waals surface area (Å²) in [5.41, 5.74) is 2.20. The summed E-state index contributed by atoms with van der Waals surface area (Å²) in [7, 11) is 1.71. The van der Waals surface area contributed by atoms with Gasteiger partial charge in [-0.15, -0.1) is 0 Å². The van der Waals surface area contributed by atoms with E-state index in [2.05, 4.69) is 10.2 Å². The maximum Gasteiger partial charge on any atom is 0.161 e. The number of hydrogen-bond donors (Lipinski definition) is 1. The molecule has 0 bridgehead atoms. The predicted octanol–water partition coefficient (Wildman–Crippen LogP) is 1.72. The van der Waals surface area contributed by atoms with E-state index in [-0.39, 0.29) is 0 Å². The molecule has 1 heterocycles. The van der Waals surface area contributed by atoms with E-state index in [1.807, 2.05) is 0 Å². The van der Waals surface area contributed by atoms with Crippen molar-refractivity contribution < 1.29 is 9.53 Å². The topological polar surface area (TPSA) is 41.6 Å². The first-order chi connectivity index (χ1) is 9.31. The molecular formula is C15H26N2O2. The molecular weight excluding hydrogens is 240 g/mol. The minimum Gasteiger partial charge on any atom is -0.386 e. The number of nitrogens with zero attached hydrogens (tertiary/aromatic N) is 1. The van der Waals surface area contributed by atoms with Crippen LogP contribution >= 0.6 is 0 Å². The van der Waals surface area contributed by atoms with Gasteiger partial charge in [0, 0.05) is 37.9 Å². The van der Waals surface area contributed by atoms with Crippen molar-refractivity contribution >= 4 is 5.78 Å². The van der Waals surface area contributed by atoms with Gasteiger partial charge >= 0.3 is 0 Å². The largest absolute Gasteiger partial charge is 0.386 e. The van der Waals surface area contributed by atoms with E-state index in [0.717, 1.165) is 51.0 Å². The number of likely N-dealkylation sites (tertiary alicyclic amines) is 1. The predicted molar refractivity (Wildman–Crippen MR) is 76.1 cm³/mol. The Hall–Kier alpha value is -0.870. The molecule has 1 aliphatic heterocycles. The number of rotatable bonds is 6. The number of allylic oxidation sites excluding steroid dienone is 1. The van der Waals surface area contributed by atoms with Crippen LogP contribution in [0.3, 0.4) is 0 Å². The number of carbonyl (C=O) groups excluding carboxylic acids is 1. The Morgan fingerprint density at radius 2 is 1.95 bits per heavy atom. The van der Waals surface area contributed by atoms with E-state index in [0.29, 0.717) is 12.4 Å². The second-order valence-electron chi connectivity index (χ2n) is 5.49. The molecule has 0 saturated carbocycles. The molecule has 0 radical (unpaired) electrons. The van der Waals surface area contributed by atoms with E-state index in [4.69, 9.17) is 4.74 Å². The van der Waals surface area contributed by atoms with Crippen LogP contribution in [0.15, 0.2) is 11.3 Å². The van der Waals surface area contributed by atoms with Crippen LogP contribution in [0.5, 0.6) is 0 Å². The van der Waals surface area contributed by atoms with Crippen LogP contribution in [0.2, 0.25) is 0 Å². The van der Waals surface area contributed by atoms with E-state index < -0.39 is 0 Å². The fraction of sp³-hybridized carbons (Fsp3) is 0.800. The lowest BCUT2D eigenvalue weighted by Gasteiger charge is -2.29. The molecule has 0 amide bonds. The summed E-state index contributed by atoms with van der Waals surface area (Å²) in [6.45, 7) is 4.61. The first-order valence-corrected chi connectivity index (χ1v) is 7.51. The van der Waals surface area contributed by atoms with Crippen molar-refractivity contribution in [3.8, 4) is 0 Å². The Morgan fingerprint density at radius 1 is 1.16 bits per heavy atom. The molecule has 108 valence electrons. The Labute approximate surface area is 116 Å². The van der Waals surface area contributed by atoms with Gasteiger partial charge < -0.3 is 10.1 Å². The number of nitrogens with one attached hydrogen (secondary N) is 1. The number of piperidine rings is 1. The summed E-state index contributed by atoms with van der Waals surface area (Å²) in [5, 5.41) is 3.40. The minimum atomic E-state index is 0.344. The molecule has 0 unspecified atom stereocenters. The molecule has 4 nitrogen and oxygen atoms in total. The third-order valence-electron chi connectivity index (χ3n) is 4.01. The van der Waals surface area contributed by atoms with Gasteiger partial charge in [0.2, 0.25) is 0 Å². The van der Waals surface area contributed by atoms with E-state index >= 15 is 0 Å². The van der Waals surface area contributed by atoms with Gasteiger partial charge in [-0.05, 0) is 38.8 Å². The molecule has 1 saturated heterocycles. The normalized spacial score (nSPS) is 21.8. The van der Waals surface area contributed by atoms with Gasteiger partial charge in [-0.25, -0.2) is 0 Å². The van der Waals surface area contributed by atoms with Crippen molar-refractivity contribution in [3.63, 3.8) is 0 Å². The highest BCUT2D eigenvalue weighted by atomic mass is 16.5. The summed E-state index contributed by atoms with van der Waals surface area (Å²) in [5.74, 6) is 0.344. The molecule has 0 aromatic rings. The maximum absolute atomic E-state index is 12.2. The van der Waals surface area contributed by atoms with Crippen molar-refractivity contribution in [2.24, 2.45) is 0 Å². The first-order valence-electron chi connectivity index (χ1n) is 7.51. The highest BCUT2D eigenvalue weighted by Gasteiger charge is 2.23. The fourth-order valence-electron chi connectivity index (χ4n) is 2.92. The zero-order valence-corrected chi connectivity index (χ0v) is 12.0. The van der Waals surface area contributed by atoms with Crippen LogP contribution in [-0.2, 0) is 9.53 Å². The highest BCUT2D eigenvalue weighted by molar-refractivity contribution is 5.97. The lowest BCUT2D eigenvalue weighted by Crippen LogP contribution is -2.36. The average Bonchev–Trinajstić information content (AvgIpc) is 2.44. The van der Waals surface area contributed by atoms with Gasteiger partial charge in [0.1, 0.15) is 0 Å². The van der Waals surface area contributed by atoms with Crippen LogP contribution in [0.25, 0.3) is 0 Å². The van der Waals surface area contributed by atoms with Crippen molar-refractivity contribution in [2.45, 2.75) is 38.5 Å². The lowest BCUT2D eigenvalue weighted by atomic mass is 9.94. The number of carbonyl (C=O) groups is 1. The molecule has 0 spiro atoms. The molecule has 0 atom stereocenters. The van der Waals surface area contributed by atoms with Gasteiger partial charge in [0.25, 0.3) is 0 Å². The van der Waals surface area contributed by atoms with Crippen LogP contribution < -0.4 is 5.32 Å². The first kappa shape index (κ1) is 14.5. The van der Waals surface area contributed by atoms with Crippen molar-refractivity contribution in [3.05, 3.63) is 11.3 Å². The maximum atomic E-state index is 12.2. The molecule has 1 aliphatic carbocycles. The third-order valence-corrected chi connectivity index (χ3v) is 4.01. The van der Waals surface area contributed by atoms with Crippen molar-refractivity contribution in [2.75, 3.05) is 39.9 Å². The average molecular weight is 266 g/mol. The zero-order valence-electron chi connectivity index (χ0n) is 12.0.